The minimum Gasteiger partial charge on any atom is -0.367 e. The van der Waals surface area contributed by atoms with Crippen molar-refractivity contribution in [1.29, 1.82) is 0 Å². The van der Waals surface area contributed by atoms with E-state index in [9.17, 15) is 8.78 Å². The number of anilines is 1. The Hall–Kier alpha value is -1.16. The molecule has 2 rings (SSSR count). The van der Waals surface area contributed by atoms with E-state index in [1.165, 1.54) is 12.1 Å². The maximum atomic E-state index is 13.9. The topological polar surface area (TPSA) is 15.3 Å². The first-order chi connectivity index (χ1) is 8.13. The molecule has 1 aromatic rings. The Morgan fingerprint density at radius 3 is 2.29 bits per heavy atom. The Morgan fingerprint density at radius 1 is 1.29 bits per heavy atom. The predicted molar refractivity (Wildman–Crippen MR) is 65.2 cm³/mol. The minimum atomic E-state index is -0.468. The van der Waals surface area contributed by atoms with Crippen molar-refractivity contribution >= 4 is 5.69 Å². The number of hydrogen-bond donors (Lipinski definition) is 1. The van der Waals surface area contributed by atoms with E-state index < -0.39 is 11.6 Å². The lowest BCUT2D eigenvalue weighted by Crippen LogP contribution is -2.38. The molecule has 94 valence electrons. The van der Waals surface area contributed by atoms with Crippen LogP contribution in [0.2, 0.25) is 0 Å². The molecule has 0 saturated heterocycles. The summed E-state index contributed by atoms with van der Waals surface area (Å²) < 4.78 is 27.8. The lowest BCUT2D eigenvalue weighted by atomic mass is 9.91. The largest absolute Gasteiger partial charge is 0.367 e. The average molecular weight is 240 g/mol. The van der Waals surface area contributed by atoms with Crippen LogP contribution in [0.5, 0.6) is 0 Å². The first kappa shape index (κ1) is 12.3. The van der Waals surface area contributed by atoms with Crippen LogP contribution in [-0.4, -0.2) is 20.1 Å². The van der Waals surface area contributed by atoms with Crippen molar-refractivity contribution in [2.24, 2.45) is 0 Å². The normalized spacial score (nSPS) is 15.8. The maximum Gasteiger partial charge on any atom is 0.149 e. The van der Waals surface area contributed by atoms with Gasteiger partial charge in [0, 0.05) is 19.6 Å². The monoisotopic (exact) mass is 240 g/mol. The third-order valence-electron chi connectivity index (χ3n) is 3.43. The van der Waals surface area contributed by atoms with Crippen LogP contribution in [0.3, 0.4) is 0 Å². The van der Waals surface area contributed by atoms with Gasteiger partial charge in [-0.3, -0.25) is 0 Å². The number of halogens is 2. The van der Waals surface area contributed by atoms with E-state index in [-0.39, 0.29) is 11.7 Å². The summed E-state index contributed by atoms with van der Waals surface area (Å²) >= 11 is 0. The zero-order valence-corrected chi connectivity index (χ0v) is 10.3. The highest BCUT2D eigenvalue weighted by Gasteiger charge is 2.26. The zero-order chi connectivity index (χ0) is 12.4. The van der Waals surface area contributed by atoms with Gasteiger partial charge in [-0.1, -0.05) is 0 Å². The molecule has 0 atom stereocenters. The first-order valence-corrected chi connectivity index (χ1v) is 5.99. The fourth-order valence-corrected chi connectivity index (χ4v) is 2.22. The third-order valence-corrected chi connectivity index (χ3v) is 3.43. The van der Waals surface area contributed by atoms with Gasteiger partial charge in [0.2, 0.25) is 0 Å². The second kappa shape index (κ2) is 5.00. The summed E-state index contributed by atoms with van der Waals surface area (Å²) in [5.74, 6) is -0.936. The Balaban J connectivity index is 2.27. The maximum absolute atomic E-state index is 13.9. The molecule has 0 aromatic heterocycles. The van der Waals surface area contributed by atoms with E-state index in [1.54, 1.807) is 19.0 Å². The van der Waals surface area contributed by atoms with Crippen LogP contribution in [-0.2, 0) is 6.54 Å². The van der Waals surface area contributed by atoms with Crippen LogP contribution in [0.15, 0.2) is 12.1 Å². The van der Waals surface area contributed by atoms with Crippen LogP contribution < -0.4 is 10.2 Å². The van der Waals surface area contributed by atoms with Crippen LogP contribution in [0.1, 0.15) is 24.8 Å². The molecule has 1 saturated carbocycles. The van der Waals surface area contributed by atoms with Gasteiger partial charge in [0.05, 0.1) is 0 Å². The molecular formula is C13H18F2N2. The molecule has 2 nitrogen and oxygen atoms in total. The second-order valence-electron chi connectivity index (χ2n) is 4.63. The summed E-state index contributed by atoms with van der Waals surface area (Å²) in [5, 5.41) is 2.89. The van der Waals surface area contributed by atoms with Gasteiger partial charge < -0.3 is 10.2 Å². The van der Waals surface area contributed by atoms with E-state index in [0.717, 1.165) is 19.3 Å². The van der Waals surface area contributed by atoms with Gasteiger partial charge in [-0.15, -0.1) is 0 Å². The third kappa shape index (κ3) is 2.41. The molecule has 1 aromatic carbocycles. The Labute approximate surface area is 101 Å². The number of nitrogens with one attached hydrogen (secondary N) is 1. The smallest absolute Gasteiger partial charge is 0.149 e. The van der Waals surface area contributed by atoms with Gasteiger partial charge in [-0.05, 0) is 44.0 Å². The molecule has 4 heteroatoms. The number of benzene rings is 1. The SMILES string of the molecule is CNCc1cc(F)c(N(C)C2CCC2)c(F)c1. The lowest BCUT2D eigenvalue weighted by Gasteiger charge is -2.36. The van der Waals surface area contributed by atoms with Crippen LogP contribution in [0, 0.1) is 11.6 Å². The fraction of sp³-hybridized carbons (Fsp3) is 0.538. The van der Waals surface area contributed by atoms with Crippen molar-refractivity contribution in [3.63, 3.8) is 0 Å². The summed E-state index contributed by atoms with van der Waals surface area (Å²) in [6.45, 7) is 0.473. The summed E-state index contributed by atoms with van der Waals surface area (Å²) in [6.07, 6.45) is 3.19. The quantitative estimate of drug-likeness (QED) is 0.870. The van der Waals surface area contributed by atoms with Crippen LogP contribution >= 0.6 is 0 Å². The number of nitrogens with zero attached hydrogens (tertiary/aromatic N) is 1. The van der Waals surface area contributed by atoms with E-state index in [2.05, 4.69) is 5.32 Å². The fourth-order valence-electron chi connectivity index (χ4n) is 2.22. The Morgan fingerprint density at radius 2 is 1.88 bits per heavy atom. The molecular weight excluding hydrogens is 222 g/mol. The minimum absolute atomic E-state index is 0.106. The molecule has 0 heterocycles. The molecule has 0 radical (unpaired) electrons. The van der Waals surface area contributed by atoms with Gasteiger partial charge in [0.15, 0.2) is 0 Å². The molecule has 1 fully saturated rings. The van der Waals surface area contributed by atoms with E-state index in [1.807, 2.05) is 0 Å². The van der Waals surface area contributed by atoms with Gasteiger partial charge in [-0.25, -0.2) is 8.78 Å². The van der Waals surface area contributed by atoms with Crippen LogP contribution in [0.4, 0.5) is 14.5 Å². The molecule has 0 amide bonds. The molecule has 1 N–H and O–H groups in total. The van der Waals surface area contributed by atoms with Crippen molar-refractivity contribution < 1.29 is 8.78 Å². The highest BCUT2D eigenvalue weighted by Crippen LogP contribution is 2.32. The summed E-state index contributed by atoms with van der Waals surface area (Å²) in [4.78, 5) is 1.73. The van der Waals surface area contributed by atoms with E-state index in [4.69, 9.17) is 0 Å². The molecule has 1 aliphatic carbocycles. The summed E-state index contributed by atoms with van der Waals surface area (Å²) in [6, 6.07) is 3.10. The van der Waals surface area contributed by atoms with Crippen molar-refractivity contribution in [2.75, 3.05) is 19.0 Å². The van der Waals surface area contributed by atoms with Crippen LogP contribution in [0.25, 0.3) is 0 Å². The van der Waals surface area contributed by atoms with Gasteiger partial charge in [0.25, 0.3) is 0 Å². The summed E-state index contributed by atoms with van der Waals surface area (Å²) in [5.41, 5.74) is 0.739. The highest BCUT2D eigenvalue weighted by molar-refractivity contribution is 5.51. The first-order valence-electron chi connectivity index (χ1n) is 5.99. The zero-order valence-electron chi connectivity index (χ0n) is 10.3. The van der Waals surface area contributed by atoms with Crippen molar-refractivity contribution in [2.45, 2.75) is 31.8 Å². The Kier molecular flexibility index (Phi) is 3.62. The van der Waals surface area contributed by atoms with Crippen molar-refractivity contribution in [3.8, 4) is 0 Å². The van der Waals surface area contributed by atoms with E-state index >= 15 is 0 Å². The molecule has 0 unspecified atom stereocenters. The second-order valence-corrected chi connectivity index (χ2v) is 4.63. The standard InChI is InChI=1S/C13H18F2N2/c1-16-8-9-6-11(14)13(12(15)7-9)17(2)10-4-3-5-10/h6-7,10,16H,3-5,8H2,1-2H3. The summed E-state index contributed by atoms with van der Waals surface area (Å²) in [7, 11) is 3.52. The van der Waals surface area contributed by atoms with Gasteiger partial charge in [0.1, 0.15) is 17.3 Å². The number of hydrogen-bond acceptors (Lipinski definition) is 2. The average Bonchev–Trinajstić information content (AvgIpc) is 2.13. The lowest BCUT2D eigenvalue weighted by molar-refractivity contribution is 0.393. The Bertz CT molecular complexity index is 379. The van der Waals surface area contributed by atoms with Gasteiger partial charge in [-0.2, -0.15) is 0 Å². The highest BCUT2D eigenvalue weighted by atomic mass is 19.1. The van der Waals surface area contributed by atoms with Crippen molar-refractivity contribution in [3.05, 3.63) is 29.3 Å². The molecule has 0 bridgehead atoms. The number of rotatable bonds is 4. The van der Waals surface area contributed by atoms with Gasteiger partial charge >= 0.3 is 0 Å². The van der Waals surface area contributed by atoms with E-state index in [0.29, 0.717) is 12.1 Å². The molecule has 0 aliphatic heterocycles. The predicted octanol–water partition coefficient (Wildman–Crippen LogP) is 2.67. The molecule has 1 aliphatic rings. The van der Waals surface area contributed by atoms with Crippen molar-refractivity contribution in [1.82, 2.24) is 5.32 Å². The molecule has 0 spiro atoms. The molecule has 17 heavy (non-hydrogen) atoms.